The summed E-state index contributed by atoms with van der Waals surface area (Å²) in [6.45, 7) is 1.69. The molecule has 1 aromatic carbocycles. The van der Waals surface area contributed by atoms with Crippen LogP contribution in [0.5, 0.6) is 0 Å². The van der Waals surface area contributed by atoms with Crippen LogP contribution in [0.25, 0.3) is 0 Å². The summed E-state index contributed by atoms with van der Waals surface area (Å²) in [7, 11) is 0. The van der Waals surface area contributed by atoms with Crippen LogP contribution in [0.2, 0.25) is 5.02 Å². The van der Waals surface area contributed by atoms with Crippen molar-refractivity contribution in [3.05, 3.63) is 50.7 Å². The van der Waals surface area contributed by atoms with Crippen LogP contribution in [0.15, 0.2) is 29.6 Å². The number of carbonyl (C=O) groups is 1. The van der Waals surface area contributed by atoms with E-state index >= 15 is 0 Å². The van der Waals surface area contributed by atoms with Gasteiger partial charge in [0.1, 0.15) is 6.61 Å². The van der Waals surface area contributed by atoms with E-state index in [9.17, 15) is 4.79 Å². The third-order valence-corrected chi connectivity index (χ3v) is 3.67. The zero-order chi connectivity index (χ0) is 14.5. The summed E-state index contributed by atoms with van der Waals surface area (Å²) in [5.41, 5.74) is 2.18. The molecule has 0 spiro atoms. The second kappa shape index (κ2) is 6.58. The highest BCUT2D eigenvalue weighted by molar-refractivity contribution is 7.10. The maximum absolute atomic E-state index is 12.1. The Morgan fingerprint density at radius 3 is 2.95 bits per heavy atom. The second-order valence-electron chi connectivity index (χ2n) is 4.07. The number of anilines is 1. The van der Waals surface area contributed by atoms with Crippen molar-refractivity contribution in [3.63, 3.8) is 0 Å². The fraction of sp³-hybridized carbons (Fsp3) is 0.133. The van der Waals surface area contributed by atoms with E-state index in [-0.39, 0.29) is 12.5 Å². The van der Waals surface area contributed by atoms with Gasteiger partial charge in [-0.2, -0.15) is 0 Å². The zero-order valence-electron chi connectivity index (χ0n) is 10.7. The fourth-order valence-corrected chi connectivity index (χ4v) is 2.59. The first-order valence-electron chi connectivity index (χ1n) is 5.86. The molecule has 0 unspecified atom stereocenters. The first-order chi connectivity index (χ1) is 9.60. The first kappa shape index (κ1) is 14.6. The number of aryl methyl sites for hydroxylation is 1. The number of nitrogens with one attached hydrogen (secondary N) is 1. The van der Waals surface area contributed by atoms with E-state index < -0.39 is 0 Å². The minimum Gasteiger partial charge on any atom is -0.384 e. The predicted octanol–water partition coefficient (Wildman–Crippen LogP) is 3.31. The van der Waals surface area contributed by atoms with E-state index in [4.69, 9.17) is 16.7 Å². The Kier molecular flexibility index (Phi) is 4.80. The van der Waals surface area contributed by atoms with Gasteiger partial charge in [0.15, 0.2) is 0 Å². The van der Waals surface area contributed by atoms with Crippen molar-refractivity contribution in [3.8, 4) is 11.8 Å². The summed E-state index contributed by atoms with van der Waals surface area (Å²) < 4.78 is 0. The number of halogens is 1. The predicted molar refractivity (Wildman–Crippen MR) is 82.4 cm³/mol. The molecule has 0 radical (unpaired) electrons. The number of benzene rings is 1. The normalized spacial score (nSPS) is 9.75. The molecule has 3 nitrogen and oxygen atoms in total. The van der Waals surface area contributed by atoms with Crippen LogP contribution < -0.4 is 5.32 Å². The molecule has 0 saturated carbocycles. The monoisotopic (exact) mass is 305 g/mol. The summed E-state index contributed by atoms with van der Waals surface area (Å²) in [5.74, 6) is 5.13. The number of amides is 1. The molecule has 102 valence electrons. The number of aliphatic hydroxyl groups is 1. The molecule has 0 atom stereocenters. The minimum absolute atomic E-state index is 0.191. The lowest BCUT2D eigenvalue weighted by atomic mass is 10.2. The molecule has 2 N–H and O–H groups in total. The average molecular weight is 306 g/mol. The maximum Gasteiger partial charge on any atom is 0.256 e. The first-order valence-corrected chi connectivity index (χ1v) is 7.11. The van der Waals surface area contributed by atoms with Crippen LogP contribution in [0.4, 0.5) is 5.69 Å². The SMILES string of the molecule is Cc1cc(Cl)ccc1NC(=O)c1csc(C#CCO)c1. The molecule has 0 fully saturated rings. The van der Waals surface area contributed by atoms with Crippen molar-refractivity contribution in [2.24, 2.45) is 0 Å². The molecule has 0 aliphatic rings. The Hall–Kier alpha value is -1.80. The molecule has 0 saturated heterocycles. The van der Waals surface area contributed by atoms with Gasteiger partial charge in [0.25, 0.3) is 5.91 Å². The maximum atomic E-state index is 12.1. The van der Waals surface area contributed by atoms with E-state index in [1.165, 1.54) is 11.3 Å². The standard InChI is InChI=1S/C15H12ClNO2S/c1-10-7-12(16)4-5-14(10)17-15(19)11-8-13(20-9-11)3-2-6-18/h4-5,7-9,18H,6H2,1H3,(H,17,19). The molecule has 1 heterocycles. The molecule has 1 aromatic heterocycles. The molecule has 1 amide bonds. The summed E-state index contributed by atoms with van der Waals surface area (Å²) >= 11 is 7.24. The van der Waals surface area contributed by atoms with Gasteiger partial charge in [-0.05, 0) is 36.8 Å². The van der Waals surface area contributed by atoms with E-state index in [0.717, 1.165) is 16.1 Å². The van der Waals surface area contributed by atoms with Gasteiger partial charge >= 0.3 is 0 Å². The number of aliphatic hydroxyl groups excluding tert-OH is 1. The van der Waals surface area contributed by atoms with Crippen LogP contribution in [-0.4, -0.2) is 17.6 Å². The number of hydrogen-bond acceptors (Lipinski definition) is 3. The van der Waals surface area contributed by atoms with Crippen LogP contribution in [-0.2, 0) is 0 Å². The van der Waals surface area contributed by atoms with Crippen molar-refractivity contribution in [1.82, 2.24) is 0 Å². The minimum atomic E-state index is -0.191. The van der Waals surface area contributed by atoms with Crippen molar-refractivity contribution in [2.45, 2.75) is 6.92 Å². The van der Waals surface area contributed by atoms with Crippen LogP contribution in [0.3, 0.4) is 0 Å². The second-order valence-corrected chi connectivity index (χ2v) is 5.42. The van der Waals surface area contributed by atoms with Crippen LogP contribution >= 0.6 is 22.9 Å². The smallest absolute Gasteiger partial charge is 0.256 e. The van der Waals surface area contributed by atoms with Crippen LogP contribution in [0, 0.1) is 18.8 Å². The molecule has 0 aliphatic heterocycles. The van der Waals surface area contributed by atoms with Gasteiger partial charge in [0.05, 0.1) is 10.4 Å². The third kappa shape index (κ3) is 3.61. The van der Waals surface area contributed by atoms with Crippen molar-refractivity contribution in [1.29, 1.82) is 0 Å². The Labute approximate surface area is 126 Å². The number of rotatable bonds is 2. The Balaban J connectivity index is 2.13. The van der Waals surface area contributed by atoms with E-state index in [1.54, 1.807) is 29.6 Å². The number of thiophene rings is 1. The van der Waals surface area contributed by atoms with Gasteiger partial charge in [-0.25, -0.2) is 0 Å². The molecule has 0 bridgehead atoms. The number of carbonyl (C=O) groups excluding carboxylic acids is 1. The highest BCUT2D eigenvalue weighted by Crippen LogP contribution is 2.21. The van der Waals surface area contributed by atoms with Gasteiger partial charge in [0, 0.05) is 16.1 Å². The molecule has 0 aliphatic carbocycles. The molecule has 5 heteroatoms. The highest BCUT2D eigenvalue weighted by atomic mass is 35.5. The van der Waals surface area contributed by atoms with Gasteiger partial charge in [-0.3, -0.25) is 4.79 Å². The zero-order valence-corrected chi connectivity index (χ0v) is 12.3. The van der Waals surface area contributed by atoms with E-state index in [0.29, 0.717) is 10.6 Å². The molecule has 2 rings (SSSR count). The Morgan fingerprint density at radius 2 is 2.25 bits per heavy atom. The lowest BCUT2D eigenvalue weighted by Gasteiger charge is -2.07. The summed E-state index contributed by atoms with van der Waals surface area (Å²) in [6.07, 6.45) is 0. The van der Waals surface area contributed by atoms with Crippen molar-refractivity contribution < 1.29 is 9.90 Å². The largest absolute Gasteiger partial charge is 0.384 e. The lowest BCUT2D eigenvalue weighted by Crippen LogP contribution is -2.11. The molecule has 20 heavy (non-hydrogen) atoms. The lowest BCUT2D eigenvalue weighted by molar-refractivity contribution is 0.102. The van der Waals surface area contributed by atoms with Crippen molar-refractivity contribution in [2.75, 3.05) is 11.9 Å². The van der Waals surface area contributed by atoms with Crippen molar-refractivity contribution >= 4 is 34.5 Å². The van der Waals surface area contributed by atoms with E-state index in [1.807, 2.05) is 6.92 Å². The molecular weight excluding hydrogens is 294 g/mol. The fourth-order valence-electron chi connectivity index (χ4n) is 1.61. The quantitative estimate of drug-likeness (QED) is 0.836. The average Bonchev–Trinajstić information content (AvgIpc) is 2.88. The number of hydrogen-bond donors (Lipinski definition) is 2. The van der Waals surface area contributed by atoms with E-state index in [2.05, 4.69) is 17.2 Å². The Morgan fingerprint density at radius 1 is 1.45 bits per heavy atom. The summed E-state index contributed by atoms with van der Waals surface area (Å²) in [4.78, 5) is 12.9. The van der Waals surface area contributed by atoms with Gasteiger partial charge in [0.2, 0.25) is 0 Å². The molecule has 2 aromatic rings. The third-order valence-electron chi connectivity index (χ3n) is 2.59. The summed E-state index contributed by atoms with van der Waals surface area (Å²) in [5, 5.41) is 13.8. The topological polar surface area (TPSA) is 49.3 Å². The van der Waals surface area contributed by atoms with Crippen LogP contribution in [0.1, 0.15) is 20.8 Å². The summed E-state index contributed by atoms with van der Waals surface area (Å²) in [6, 6.07) is 7.00. The van der Waals surface area contributed by atoms with Gasteiger partial charge < -0.3 is 10.4 Å². The van der Waals surface area contributed by atoms with Gasteiger partial charge in [-0.15, -0.1) is 11.3 Å². The molecular formula is C15H12ClNO2S. The van der Waals surface area contributed by atoms with Gasteiger partial charge in [-0.1, -0.05) is 23.4 Å². The highest BCUT2D eigenvalue weighted by Gasteiger charge is 2.09. The Bertz CT molecular complexity index is 697.